The number of halogens is 1. The number of hydrogen-bond acceptors (Lipinski definition) is 5. The molecule has 8 heteroatoms. The van der Waals surface area contributed by atoms with Crippen molar-refractivity contribution in [1.29, 1.82) is 0 Å². The molecule has 1 aromatic heterocycles. The number of nitrogens with zero attached hydrogens (tertiary/aromatic N) is 6. The zero-order chi connectivity index (χ0) is 16.1. The average Bonchev–Trinajstić information content (AvgIpc) is 2.94. The molecule has 2 aromatic rings. The predicted molar refractivity (Wildman–Crippen MR) is 80.7 cm³/mol. The number of carbonyl (C=O) groups excluding carboxylic acids is 1. The lowest BCUT2D eigenvalue weighted by atomic mass is 10.2. The fourth-order valence-corrected chi connectivity index (χ4v) is 2.72. The molecule has 0 atom stereocenters. The maximum absolute atomic E-state index is 13.0. The molecule has 0 N–H and O–H groups in total. The van der Waals surface area contributed by atoms with Gasteiger partial charge in [0, 0.05) is 32.7 Å². The van der Waals surface area contributed by atoms with Gasteiger partial charge < -0.3 is 4.90 Å². The van der Waals surface area contributed by atoms with Crippen molar-refractivity contribution in [2.24, 2.45) is 0 Å². The molecule has 1 fully saturated rings. The smallest absolute Gasteiger partial charge is 0.244 e. The highest BCUT2D eigenvalue weighted by Gasteiger charge is 2.19. The largest absolute Gasteiger partial charge is 0.340 e. The molecule has 0 unspecified atom stereocenters. The first kappa shape index (κ1) is 15.5. The Balaban J connectivity index is 1.52. The van der Waals surface area contributed by atoms with E-state index < -0.39 is 0 Å². The molecule has 7 nitrogen and oxygen atoms in total. The zero-order valence-corrected chi connectivity index (χ0v) is 12.8. The van der Waals surface area contributed by atoms with Gasteiger partial charge in [0.25, 0.3) is 0 Å². The number of aromatic nitrogens is 4. The number of carbonyl (C=O) groups is 1. The molecule has 0 bridgehead atoms. The molecular weight excluding hydrogens is 299 g/mol. The van der Waals surface area contributed by atoms with Crippen molar-refractivity contribution in [2.75, 3.05) is 26.2 Å². The molecular formula is C15H19FN6O. The van der Waals surface area contributed by atoms with Gasteiger partial charge in [-0.1, -0.05) is 12.1 Å². The molecule has 1 aromatic carbocycles. The number of benzene rings is 1. The molecule has 122 valence electrons. The number of rotatable bonds is 4. The van der Waals surface area contributed by atoms with Crippen LogP contribution < -0.4 is 0 Å². The molecule has 0 aliphatic carbocycles. The van der Waals surface area contributed by atoms with Crippen LogP contribution in [-0.2, 0) is 17.9 Å². The summed E-state index contributed by atoms with van der Waals surface area (Å²) in [5.41, 5.74) is 1.08. The van der Waals surface area contributed by atoms with Crippen molar-refractivity contribution in [1.82, 2.24) is 30.0 Å². The SMILES string of the molecule is O=C(Cn1cnnn1)N1CCCN(Cc2ccc(F)cc2)CC1. The van der Waals surface area contributed by atoms with Crippen LogP contribution in [0.25, 0.3) is 0 Å². The quantitative estimate of drug-likeness (QED) is 0.823. The van der Waals surface area contributed by atoms with E-state index >= 15 is 0 Å². The lowest BCUT2D eigenvalue weighted by Gasteiger charge is -2.22. The monoisotopic (exact) mass is 318 g/mol. The van der Waals surface area contributed by atoms with Gasteiger partial charge in [-0.15, -0.1) is 5.10 Å². The minimum atomic E-state index is -0.219. The Bertz CT molecular complexity index is 630. The van der Waals surface area contributed by atoms with E-state index in [2.05, 4.69) is 20.4 Å². The topological polar surface area (TPSA) is 67.2 Å². The van der Waals surface area contributed by atoms with Gasteiger partial charge in [0.2, 0.25) is 5.91 Å². The molecule has 1 aliphatic rings. The summed E-state index contributed by atoms with van der Waals surface area (Å²) in [5, 5.41) is 10.8. The molecule has 1 saturated heterocycles. The van der Waals surface area contributed by atoms with Crippen LogP contribution >= 0.6 is 0 Å². The van der Waals surface area contributed by atoms with Crippen molar-refractivity contribution in [2.45, 2.75) is 19.5 Å². The average molecular weight is 318 g/mol. The molecule has 0 spiro atoms. The third-order valence-electron chi connectivity index (χ3n) is 3.95. The van der Waals surface area contributed by atoms with Gasteiger partial charge in [-0.2, -0.15) is 0 Å². The normalized spacial score (nSPS) is 16.3. The van der Waals surface area contributed by atoms with Crippen molar-refractivity contribution >= 4 is 5.91 Å². The van der Waals surface area contributed by atoms with Crippen LogP contribution in [0.15, 0.2) is 30.6 Å². The highest BCUT2D eigenvalue weighted by atomic mass is 19.1. The standard InChI is InChI=1S/C15H19FN6O/c16-14-4-2-13(3-5-14)10-20-6-1-7-21(9-8-20)15(23)11-22-12-17-18-19-22/h2-5,12H,1,6-11H2. The van der Waals surface area contributed by atoms with E-state index in [0.717, 1.165) is 38.2 Å². The molecule has 0 saturated carbocycles. The molecule has 1 amide bonds. The Morgan fingerprint density at radius 1 is 1.13 bits per heavy atom. The van der Waals surface area contributed by atoms with Crippen LogP contribution in [0.1, 0.15) is 12.0 Å². The third-order valence-corrected chi connectivity index (χ3v) is 3.95. The summed E-state index contributed by atoms with van der Waals surface area (Å²) >= 11 is 0. The van der Waals surface area contributed by atoms with Crippen molar-refractivity contribution in [3.8, 4) is 0 Å². The summed E-state index contributed by atoms with van der Waals surface area (Å²) in [5.74, 6) is -0.190. The summed E-state index contributed by atoms with van der Waals surface area (Å²) in [6, 6.07) is 6.58. The molecule has 1 aliphatic heterocycles. The number of amides is 1. The lowest BCUT2D eigenvalue weighted by Crippen LogP contribution is -2.37. The van der Waals surface area contributed by atoms with E-state index in [1.807, 2.05) is 4.90 Å². The van der Waals surface area contributed by atoms with E-state index in [9.17, 15) is 9.18 Å². The maximum Gasteiger partial charge on any atom is 0.244 e. The van der Waals surface area contributed by atoms with E-state index in [1.165, 1.54) is 23.1 Å². The first-order chi connectivity index (χ1) is 11.2. The molecule has 0 radical (unpaired) electrons. The zero-order valence-electron chi connectivity index (χ0n) is 12.8. The van der Waals surface area contributed by atoms with Crippen LogP contribution in [0.3, 0.4) is 0 Å². The first-order valence-corrected chi connectivity index (χ1v) is 7.66. The van der Waals surface area contributed by atoms with Gasteiger partial charge in [0.15, 0.2) is 0 Å². The van der Waals surface area contributed by atoms with Crippen molar-refractivity contribution < 1.29 is 9.18 Å². The van der Waals surface area contributed by atoms with Gasteiger partial charge in [-0.05, 0) is 34.5 Å². The second-order valence-corrected chi connectivity index (χ2v) is 5.64. The van der Waals surface area contributed by atoms with Gasteiger partial charge in [-0.25, -0.2) is 9.07 Å². The Morgan fingerprint density at radius 3 is 2.70 bits per heavy atom. The number of hydrogen-bond donors (Lipinski definition) is 0. The summed E-state index contributed by atoms with van der Waals surface area (Å²) in [4.78, 5) is 16.4. The van der Waals surface area contributed by atoms with Crippen LogP contribution in [0.4, 0.5) is 4.39 Å². The van der Waals surface area contributed by atoms with Crippen molar-refractivity contribution in [3.63, 3.8) is 0 Å². The van der Waals surface area contributed by atoms with Crippen LogP contribution in [0, 0.1) is 5.82 Å². The Hall–Kier alpha value is -2.35. The highest BCUT2D eigenvalue weighted by Crippen LogP contribution is 2.10. The molecule has 3 rings (SSSR count). The van der Waals surface area contributed by atoms with Crippen LogP contribution in [0.2, 0.25) is 0 Å². The van der Waals surface area contributed by atoms with Gasteiger partial charge in [-0.3, -0.25) is 9.69 Å². The maximum atomic E-state index is 13.0. The fourth-order valence-electron chi connectivity index (χ4n) is 2.72. The first-order valence-electron chi connectivity index (χ1n) is 7.66. The minimum Gasteiger partial charge on any atom is -0.340 e. The van der Waals surface area contributed by atoms with Gasteiger partial charge >= 0.3 is 0 Å². The second-order valence-electron chi connectivity index (χ2n) is 5.64. The minimum absolute atomic E-state index is 0.0286. The molecule has 23 heavy (non-hydrogen) atoms. The van der Waals surface area contributed by atoms with Crippen molar-refractivity contribution in [3.05, 3.63) is 42.0 Å². The predicted octanol–water partition coefficient (Wildman–Crippen LogP) is 0.547. The third kappa shape index (κ3) is 4.32. The highest BCUT2D eigenvalue weighted by molar-refractivity contribution is 5.75. The fraction of sp³-hybridized carbons (Fsp3) is 0.467. The Morgan fingerprint density at radius 2 is 1.96 bits per heavy atom. The summed E-state index contributed by atoms with van der Waals surface area (Å²) in [6.45, 7) is 4.09. The lowest BCUT2D eigenvalue weighted by molar-refractivity contribution is -0.131. The number of tetrazole rings is 1. The van der Waals surface area contributed by atoms with Crippen LogP contribution in [-0.4, -0.2) is 62.1 Å². The van der Waals surface area contributed by atoms with E-state index in [1.54, 1.807) is 12.1 Å². The van der Waals surface area contributed by atoms with E-state index in [4.69, 9.17) is 0 Å². The van der Waals surface area contributed by atoms with E-state index in [0.29, 0.717) is 6.54 Å². The summed E-state index contributed by atoms with van der Waals surface area (Å²) in [7, 11) is 0. The summed E-state index contributed by atoms with van der Waals surface area (Å²) < 4.78 is 14.4. The second kappa shape index (κ2) is 7.28. The Labute approximate surface area is 133 Å². The van der Waals surface area contributed by atoms with E-state index in [-0.39, 0.29) is 18.3 Å². The Kier molecular flexibility index (Phi) is 4.92. The van der Waals surface area contributed by atoms with Gasteiger partial charge in [0.05, 0.1) is 0 Å². The van der Waals surface area contributed by atoms with Gasteiger partial charge in [0.1, 0.15) is 18.7 Å². The van der Waals surface area contributed by atoms with Crippen LogP contribution in [0.5, 0.6) is 0 Å². The summed E-state index contributed by atoms with van der Waals surface area (Å²) in [6.07, 6.45) is 2.36. The molecule has 2 heterocycles.